The Morgan fingerprint density at radius 3 is 2.07 bits per heavy atom. The Hall–Kier alpha value is -6.85. The highest BCUT2D eigenvalue weighted by Crippen LogP contribution is 2.21. The third-order valence-corrected chi connectivity index (χ3v) is 11.5. The van der Waals surface area contributed by atoms with Crippen LogP contribution in [0.3, 0.4) is 0 Å². The van der Waals surface area contributed by atoms with Crippen molar-refractivity contribution in [2.75, 3.05) is 26.2 Å². The molecule has 1 aromatic rings. The number of primary amides is 2. The number of carbonyl (C=O) groups is 11. The maximum absolute atomic E-state index is 14.4. The molecule has 1 aromatic carbocycles. The van der Waals surface area contributed by atoms with Gasteiger partial charge in [0.05, 0.1) is 19.5 Å². The van der Waals surface area contributed by atoms with E-state index in [2.05, 4.69) is 42.5 Å². The lowest BCUT2D eigenvalue weighted by molar-refractivity contribution is -0.143. The van der Waals surface area contributed by atoms with Gasteiger partial charge in [0, 0.05) is 19.4 Å². The van der Waals surface area contributed by atoms with Gasteiger partial charge in [-0.25, -0.2) is 0 Å². The number of hydrogen-bond donors (Lipinski definition) is 12. The number of likely N-dealkylation sites (tertiary alicyclic amines) is 1. The second-order valence-electron chi connectivity index (χ2n) is 17.5. The minimum Gasteiger partial charge on any atom is -0.508 e. The molecule has 376 valence electrons. The lowest BCUT2D eigenvalue weighted by Crippen LogP contribution is -2.61. The van der Waals surface area contributed by atoms with Crippen molar-refractivity contribution >= 4 is 65.0 Å². The number of rotatable bonds is 17. The fraction of sp³-hybridized carbons (Fsp3) is 0.614. The Kier molecular flexibility index (Phi) is 22.1. The third-order valence-electron chi connectivity index (χ3n) is 11.5. The highest BCUT2D eigenvalue weighted by atomic mass is 16.3. The van der Waals surface area contributed by atoms with Crippen molar-refractivity contribution in [1.82, 2.24) is 47.4 Å². The number of amides is 11. The molecule has 24 heteroatoms. The van der Waals surface area contributed by atoms with Gasteiger partial charge < -0.3 is 69.7 Å². The largest absolute Gasteiger partial charge is 0.508 e. The van der Waals surface area contributed by atoms with Crippen molar-refractivity contribution in [3.05, 3.63) is 29.8 Å². The maximum atomic E-state index is 14.4. The van der Waals surface area contributed by atoms with E-state index in [1.807, 2.05) is 13.8 Å². The highest BCUT2D eigenvalue weighted by molar-refractivity contribution is 5.99. The summed E-state index contributed by atoms with van der Waals surface area (Å²) in [7, 11) is 0. The van der Waals surface area contributed by atoms with Crippen molar-refractivity contribution in [3.8, 4) is 5.75 Å². The molecule has 2 fully saturated rings. The van der Waals surface area contributed by atoms with Gasteiger partial charge in [-0.1, -0.05) is 46.2 Å². The smallest absolute Gasteiger partial charge is 0.245 e. The molecule has 3 rings (SSSR count). The minimum atomic E-state index is -1.73. The van der Waals surface area contributed by atoms with Gasteiger partial charge in [-0.05, 0) is 74.6 Å². The fourth-order valence-corrected chi connectivity index (χ4v) is 7.66. The van der Waals surface area contributed by atoms with Crippen LogP contribution in [0.2, 0.25) is 0 Å². The molecule has 0 saturated carbocycles. The van der Waals surface area contributed by atoms with E-state index in [9.17, 15) is 57.8 Å². The van der Waals surface area contributed by atoms with Crippen LogP contribution in [0.25, 0.3) is 0 Å². The molecule has 15 N–H and O–H groups in total. The van der Waals surface area contributed by atoms with Crippen LogP contribution in [0.5, 0.6) is 5.75 Å². The van der Waals surface area contributed by atoms with Crippen LogP contribution in [0, 0.1) is 11.8 Å². The summed E-state index contributed by atoms with van der Waals surface area (Å²) in [4.78, 5) is 149. The molecule has 0 aromatic heterocycles. The average Bonchev–Trinajstić information content (AvgIpc) is 3.78. The van der Waals surface area contributed by atoms with Crippen LogP contribution in [-0.4, -0.2) is 143 Å². The topological polar surface area (TPSA) is 386 Å². The zero-order valence-corrected chi connectivity index (χ0v) is 39.0. The van der Waals surface area contributed by atoms with Gasteiger partial charge in [0.1, 0.15) is 48.0 Å². The molecule has 0 bridgehead atoms. The number of nitrogens with one attached hydrogen (secondary N) is 8. The second-order valence-corrected chi connectivity index (χ2v) is 17.5. The standard InChI is InChI=1S/C44H68N12O12/c1-5-24(4)37-43(67)51-27(8-6-16-45)39(63)53-31(20-33(46)58)40(64)52-28(14-15-35(60)48-22-36(61)50-30(41(65)55-37)19-25-10-12-26(57)13-11-25)44(68)56-17-7-9-32(56)42(66)54-29(18-23(2)3)38(62)49-21-34(47)59/h10-13,23-24,27-32,37,57H,5-9,14-22,45H2,1-4H3,(H2,46,58)(H2,47,59)(H,48,60)(H,49,62)(H,50,61)(H,51,67)(H,52,64)(H,53,63)(H,54,66)(H,55,65)/t24-,27-,28-,29-,30-,31-,32-,37-/m0/s1. The third kappa shape index (κ3) is 17.8. The van der Waals surface area contributed by atoms with Gasteiger partial charge >= 0.3 is 0 Å². The molecular weight excluding hydrogens is 889 g/mol. The number of nitrogens with zero attached hydrogens (tertiary/aromatic N) is 1. The molecule has 0 spiro atoms. The number of carbonyl (C=O) groups excluding carboxylic acids is 11. The first kappa shape index (κ1) is 55.5. The first-order valence-electron chi connectivity index (χ1n) is 22.8. The number of phenolic OH excluding ortho intramolecular Hbond substituents is 1. The summed E-state index contributed by atoms with van der Waals surface area (Å²) in [6.45, 7) is 6.04. The van der Waals surface area contributed by atoms with Crippen LogP contribution in [0.1, 0.15) is 91.0 Å². The summed E-state index contributed by atoms with van der Waals surface area (Å²) >= 11 is 0. The maximum Gasteiger partial charge on any atom is 0.245 e. The quantitative estimate of drug-likeness (QED) is 0.0711. The van der Waals surface area contributed by atoms with Crippen LogP contribution < -0.4 is 59.7 Å². The molecular formula is C44H68N12O12. The Morgan fingerprint density at radius 1 is 0.809 bits per heavy atom. The van der Waals surface area contributed by atoms with E-state index in [-0.39, 0.29) is 56.9 Å². The summed E-state index contributed by atoms with van der Waals surface area (Å²) in [5, 5.41) is 30.1. The van der Waals surface area contributed by atoms with E-state index in [1.165, 1.54) is 29.2 Å². The van der Waals surface area contributed by atoms with Crippen LogP contribution >= 0.6 is 0 Å². The molecule has 2 saturated heterocycles. The zero-order chi connectivity index (χ0) is 50.7. The summed E-state index contributed by atoms with van der Waals surface area (Å²) in [6.07, 6.45) is -0.651. The van der Waals surface area contributed by atoms with Gasteiger partial charge in [0.15, 0.2) is 0 Å². The summed E-state index contributed by atoms with van der Waals surface area (Å²) in [5.41, 5.74) is 17.0. The van der Waals surface area contributed by atoms with E-state index in [1.54, 1.807) is 13.8 Å². The van der Waals surface area contributed by atoms with Crippen LogP contribution in [-0.2, 0) is 59.2 Å². The first-order chi connectivity index (χ1) is 32.1. The predicted molar refractivity (Wildman–Crippen MR) is 244 cm³/mol. The van der Waals surface area contributed by atoms with Crippen LogP contribution in [0.15, 0.2) is 24.3 Å². The fourth-order valence-electron chi connectivity index (χ4n) is 7.66. The Bertz CT molecular complexity index is 2000. The van der Waals surface area contributed by atoms with Gasteiger partial charge in [0.2, 0.25) is 65.0 Å². The van der Waals surface area contributed by atoms with Crippen LogP contribution in [0.4, 0.5) is 0 Å². The SMILES string of the molecule is CC[C@H](C)[C@@H]1NC(=O)[C@H](Cc2ccc(O)cc2)NC(=O)CNC(=O)CC[C@@H](C(=O)N2CCC[C@H]2C(=O)N[C@@H](CC(C)C)C(=O)NCC(N)=O)NC(=O)[C@H](CC(N)=O)NC(=O)[C@H](CCCN)NC1=O. The molecule has 2 aliphatic heterocycles. The van der Waals surface area contributed by atoms with Gasteiger partial charge in [-0.3, -0.25) is 52.7 Å². The number of hydrogen-bond acceptors (Lipinski definition) is 13. The van der Waals surface area contributed by atoms with E-state index in [0.717, 1.165) is 0 Å². The lowest BCUT2D eigenvalue weighted by Gasteiger charge is -2.31. The molecule has 2 heterocycles. The number of aromatic hydroxyl groups is 1. The molecule has 11 amide bonds. The second kappa shape index (κ2) is 27.1. The molecule has 2 aliphatic rings. The van der Waals surface area contributed by atoms with Crippen molar-refractivity contribution < 1.29 is 57.8 Å². The van der Waals surface area contributed by atoms with Gasteiger partial charge in [0.25, 0.3) is 0 Å². The van der Waals surface area contributed by atoms with E-state index in [4.69, 9.17) is 17.2 Å². The van der Waals surface area contributed by atoms with Gasteiger partial charge in [-0.15, -0.1) is 0 Å². The molecule has 0 unspecified atom stereocenters. The molecule has 0 radical (unpaired) electrons. The van der Waals surface area contributed by atoms with Crippen molar-refractivity contribution in [2.45, 2.75) is 134 Å². The molecule has 8 atom stereocenters. The first-order valence-corrected chi connectivity index (χ1v) is 22.8. The minimum absolute atomic E-state index is 0.0128. The number of nitrogens with two attached hydrogens (primary N) is 3. The van der Waals surface area contributed by atoms with Crippen molar-refractivity contribution in [1.29, 1.82) is 0 Å². The number of phenols is 1. The monoisotopic (exact) mass is 957 g/mol. The van der Waals surface area contributed by atoms with E-state index < -0.39 is 146 Å². The average molecular weight is 957 g/mol. The highest BCUT2D eigenvalue weighted by Gasteiger charge is 2.41. The summed E-state index contributed by atoms with van der Waals surface area (Å²) < 4.78 is 0. The van der Waals surface area contributed by atoms with E-state index in [0.29, 0.717) is 18.4 Å². The Morgan fingerprint density at radius 2 is 1.46 bits per heavy atom. The van der Waals surface area contributed by atoms with Gasteiger partial charge in [-0.2, -0.15) is 0 Å². The lowest BCUT2D eigenvalue weighted by atomic mass is 9.96. The molecule has 68 heavy (non-hydrogen) atoms. The Labute approximate surface area is 394 Å². The summed E-state index contributed by atoms with van der Waals surface area (Å²) in [6, 6.07) is -3.70. The predicted octanol–water partition coefficient (Wildman–Crippen LogP) is -3.95. The molecule has 24 nitrogen and oxygen atoms in total. The van der Waals surface area contributed by atoms with E-state index >= 15 is 0 Å². The molecule has 0 aliphatic carbocycles. The summed E-state index contributed by atoms with van der Waals surface area (Å²) in [5.74, 6) is -9.92. The number of benzene rings is 1. The Balaban J connectivity index is 2.04. The van der Waals surface area contributed by atoms with Crippen molar-refractivity contribution in [3.63, 3.8) is 0 Å². The zero-order valence-electron chi connectivity index (χ0n) is 39.0. The van der Waals surface area contributed by atoms with Crippen molar-refractivity contribution in [2.24, 2.45) is 29.0 Å². The normalized spacial score (nSPS) is 23.4.